The smallest absolute Gasteiger partial charge is 0.0597 e. The van der Waals surface area contributed by atoms with Gasteiger partial charge in [0.2, 0.25) is 0 Å². The Bertz CT molecular complexity index is 341. The Morgan fingerprint density at radius 1 is 1.46 bits per heavy atom. The van der Waals surface area contributed by atoms with E-state index in [0.717, 1.165) is 0 Å². The standard InChI is InChI=1S/C12H14S/c1-4-12(2,3)11-8-9-6-5-7-10(9)13-11/h1,8H,5-7H2,2-3H3. The number of thiophene rings is 1. The lowest BCUT2D eigenvalue weighted by Crippen LogP contribution is -2.11. The monoisotopic (exact) mass is 190 g/mol. The maximum absolute atomic E-state index is 5.51. The van der Waals surface area contributed by atoms with Crippen molar-refractivity contribution in [2.45, 2.75) is 38.5 Å². The zero-order chi connectivity index (χ0) is 9.47. The molecule has 1 aliphatic carbocycles. The molecular weight excluding hydrogens is 176 g/mol. The van der Waals surface area contributed by atoms with Crippen molar-refractivity contribution in [1.82, 2.24) is 0 Å². The first-order valence-electron chi connectivity index (χ1n) is 4.73. The van der Waals surface area contributed by atoms with Gasteiger partial charge in [-0.2, -0.15) is 0 Å². The van der Waals surface area contributed by atoms with Gasteiger partial charge in [0.1, 0.15) is 0 Å². The summed E-state index contributed by atoms with van der Waals surface area (Å²) < 4.78 is 0. The van der Waals surface area contributed by atoms with Gasteiger partial charge in [0.15, 0.2) is 0 Å². The largest absolute Gasteiger partial charge is 0.144 e. The minimum Gasteiger partial charge on any atom is -0.144 e. The fraction of sp³-hybridized carbons (Fsp3) is 0.500. The van der Waals surface area contributed by atoms with E-state index in [4.69, 9.17) is 6.42 Å². The quantitative estimate of drug-likeness (QED) is 0.597. The molecule has 13 heavy (non-hydrogen) atoms. The molecule has 1 aromatic heterocycles. The van der Waals surface area contributed by atoms with E-state index < -0.39 is 0 Å². The van der Waals surface area contributed by atoms with Crippen LogP contribution in [0.3, 0.4) is 0 Å². The van der Waals surface area contributed by atoms with Crippen molar-refractivity contribution in [2.24, 2.45) is 0 Å². The van der Waals surface area contributed by atoms with E-state index in [1.165, 1.54) is 24.1 Å². The third-order valence-corrected chi connectivity index (χ3v) is 4.28. The Morgan fingerprint density at radius 2 is 2.23 bits per heavy atom. The number of fused-ring (bicyclic) bond motifs is 1. The average molecular weight is 190 g/mol. The molecule has 0 spiro atoms. The molecule has 1 heteroatoms. The Labute approximate surface area is 84.0 Å². The van der Waals surface area contributed by atoms with Crippen LogP contribution in [0.25, 0.3) is 0 Å². The Hall–Kier alpha value is -0.740. The molecule has 0 bridgehead atoms. The summed E-state index contributed by atoms with van der Waals surface area (Å²) in [5.41, 5.74) is 1.47. The summed E-state index contributed by atoms with van der Waals surface area (Å²) >= 11 is 1.91. The van der Waals surface area contributed by atoms with Crippen molar-refractivity contribution in [1.29, 1.82) is 0 Å². The van der Waals surface area contributed by atoms with Crippen LogP contribution in [0.2, 0.25) is 0 Å². The van der Waals surface area contributed by atoms with Crippen molar-refractivity contribution >= 4 is 11.3 Å². The Balaban J connectivity index is 2.40. The molecule has 0 aromatic carbocycles. The highest BCUT2D eigenvalue weighted by molar-refractivity contribution is 7.12. The fourth-order valence-electron chi connectivity index (χ4n) is 1.71. The predicted octanol–water partition coefficient (Wildman–Crippen LogP) is 3.15. The number of rotatable bonds is 1. The highest BCUT2D eigenvalue weighted by Crippen LogP contribution is 2.36. The van der Waals surface area contributed by atoms with Gasteiger partial charge in [0, 0.05) is 9.75 Å². The summed E-state index contributed by atoms with van der Waals surface area (Å²) in [6.45, 7) is 4.24. The average Bonchev–Trinajstić information content (AvgIpc) is 2.61. The maximum atomic E-state index is 5.51. The second-order valence-electron chi connectivity index (χ2n) is 4.18. The van der Waals surface area contributed by atoms with E-state index in [1.807, 2.05) is 11.3 Å². The third kappa shape index (κ3) is 1.40. The second kappa shape index (κ2) is 2.89. The topological polar surface area (TPSA) is 0 Å². The van der Waals surface area contributed by atoms with Gasteiger partial charge >= 0.3 is 0 Å². The van der Waals surface area contributed by atoms with Crippen LogP contribution in [0, 0.1) is 12.3 Å². The van der Waals surface area contributed by atoms with Crippen LogP contribution >= 0.6 is 11.3 Å². The van der Waals surface area contributed by atoms with Crippen LogP contribution in [-0.2, 0) is 18.3 Å². The van der Waals surface area contributed by atoms with E-state index >= 15 is 0 Å². The number of hydrogen-bond donors (Lipinski definition) is 0. The van der Waals surface area contributed by atoms with Gasteiger partial charge in [-0.15, -0.1) is 17.8 Å². The molecule has 1 heterocycles. The molecule has 0 fully saturated rings. The Morgan fingerprint density at radius 3 is 2.85 bits per heavy atom. The van der Waals surface area contributed by atoms with Gasteiger partial charge in [0.05, 0.1) is 5.41 Å². The summed E-state index contributed by atoms with van der Waals surface area (Å²) in [6.07, 6.45) is 9.37. The van der Waals surface area contributed by atoms with Gasteiger partial charge in [-0.1, -0.05) is 5.92 Å². The third-order valence-electron chi connectivity index (χ3n) is 2.72. The molecule has 68 valence electrons. The van der Waals surface area contributed by atoms with E-state index in [-0.39, 0.29) is 5.41 Å². The molecule has 0 saturated heterocycles. The summed E-state index contributed by atoms with van der Waals surface area (Å²) in [7, 11) is 0. The van der Waals surface area contributed by atoms with Crippen molar-refractivity contribution < 1.29 is 0 Å². The maximum Gasteiger partial charge on any atom is 0.0597 e. The molecule has 2 rings (SSSR count). The summed E-state index contributed by atoms with van der Waals surface area (Å²) in [5.74, 6) is 2.86. The number of hydrogen-bond acceptors (Lipinski definition) is 1. The van der Waals surface area contributed by atoms with Crippen LogP contribution in [-0.4, -0.2) is 0 Å². The fourth-order valence-corrected chi connectivity index (χ4v) is 3.03. The van der Waals surface area contributed by atoms with Crippen LogP contribution in [0.1, 0.15) is 35.6 Å². The SMILES string of the molecule is C#CC(C)(C)c1cc2c(s1)CCC2. The van der Waals surface area contributed by atoms with Crippen LogP contribution < -0.4 is 0 Å². The lowest BCUT2D eigenvalue weighted by atomic mass is 9.92. The van der Waals surface area contributed by atoms with Gasteiger partial charge in [-0.05, 0) is 44.7 Å². The van der Waals surface area contributed by atoms with E-state index in [0.29, 0.717) is 0 Å². The molecular formula is C12H14S. The second-order valence-corrected chi connectivity index (χ2v) is 5.32. The molecule has 0 nitrogen and oxygen atoms in total. The molecule has 0 saturated carbocycles. The molecule has 0 N–H and O–H groups in total. The van der Waals surface area contributed by atoms with Crippen LogP contribution in [0.15, 0.2) is 6.07 Å². The van der Waals surface area contributed by atoms with Gasteiger partial charge < -0.3 is 0 Å². The highest BCUT2D eigenvalue weighted by atomic mass is 32.1. The molecule has 1 aliphatic rings. The van der Waals surface area contributed by atoms with Crippen LogP contribution in [0.4, 0.5) is 0 Å². The van der Waals surface area contributed by atoms with Crippen molar-refractivity contribution in [2.75, 3.05) is 0 Å². The number of aryl methyl sites for hydroxylation is 2. The zero-order valence-electron chi connectivity index (χ0n) is 8.18. The molecule has 0 atom stereocenters. The normalized spacial score (nSPS) is 15.5. The van der Waals surface area contributed by atoms with Gasteiger partial charge in [-0.25, -0.2) is 0 Å². The molecule has 0 aliphatic heterocycles. The predicted molar refractivity (Wildman–Crippen MR) is 58.2 cm³/mol. The van der Waals surface area contributed by atoms with E-state index in [1.54, 1.807) is 10.4 Å². The lowest BCUT2D eigenvalue weighted by Gasteiger charge is -2.14. The minimum absolute atomic E-state index is 0.0744. The first-order chi connectivity index (χ1) is 6.13. The summed E-state index contributed by atoms with van der Waals surface area (Å²) in [4.78, 5) is 2.93. The lowest BCUT2D eigenvalue weighted by molar-refractivity contribution is 0.715. The first-order valence-corrected chi connectivity index (χ1v) is 5.55. The first kappa shape index (κ1) is 8.84. The molecule has 1 aromatic rings. The summed E-state index contributed by atoms with van der Waals surface area (Å²) in [5, 5.41) is 0. The zero-order valence-corrected chi connectivity index (χ0v) is 9.00. The molecule has 0 amide bonds. The minimum atomic E-state index is -0.0744. The van der Waals surface area contributed by atoms with Crippen LogP contribution in [0.5, 0.6) is 0 Å². The van der Waals surface area contributed by atoms with Gasteiger partial charge in [-0.3, -0.25) is 0 Å². The highest BCUT2D eigenvalue weighted by Gasteiger charge is 2.23. The Kier molecular flexibility index (Phi) is 1.96. The molecule has 0 unspecified atom stereocenters. The van der Waals surface area contributed by atoms with E-state index in [2.05, 4.69) is 25.8 Å². The summed E-state index contributed by atoms with van der Waals surface area (Å²) in [6, 6.07) is 2.31. The van der Waals surface area contributed by atoms with Crippen molar-refractivity contribution in [3.05, 3.63) is 21.4 Å². The van der Waals surface area contributed by atoms with Crippen molar-refractivity contribution in [3.8, 4) is 12.3 Å². The molecule has 0 radical (unpaired) electrons. The van der Waals surface area contributed by atoms with E-state index in [9.17, 15) is 0 Å². The van der Waals surface area contributed by atoms with Gasteiger partial charge in [0.25, 0.3) is 0 Å². The van der Waals surface area contributed by atoms with Crippen molar-refractivity contribution in [3.63, 3.8) is 0 Å². The number of terminal acetylenes is 1.